The summed E-state index contributed by atoms with van der Waals surface area (Å²) >= 11 is 0. The molecule has 1 amide bonds. The minimum Gasteiger partial charge on any atom is -0.483 e. The molecule has 1 saturated carbocycles. The summed E-state index contributed by atoms with van der Waals surface area (Å²) in [5.41, 5.74) is 1.15. The maximum atomic E-state index is 11.6. The van der Waals surface area contributed by atoms with Gasteiger partial charge >= 0.3 is 0 Å². The Morgan fingerprint density at radius 1 is 1.39 bits per heavy atom. The highest BCUT2D eigenvalue weighted by molar-refractivity contribution is 5.77. The Bertz CT molecular complexity index is 411. The van der Waals surface area contributed by atoms with Crippen LogP contribution in [0.3, 0.4) is 0 Å². The highest BCUT2D eigenvalue weighted by Gasteiger charge is 2.21. The first-order valence-electron chi connectivity index (χ1n) is 6.65. The molecule has 2 rings (SSSR count). The zero-order chi connectivity index (χ0) is 13.0. The van der Waals surface area contributed by atoms with Crippen LogP contribution in [-0.4, -0.2) is 19.1 Å². The topological polar surface area (TPSA) is 38.3 Å². The first-order valence-corrected chi connectivity index (χ1v) is 6.65. The molecule has 0 spiro atoms. The molecule has 0 unspecified atom stereocenters. The fraction of sp³-hybridized carbons (Fsp3) is 0.533. The maximum absolute atomic E-state index is 11.6. The van der Waals surface area contributed by atoms with Crippen LogP contribution in [0.4, 0.5) is 0 Å². The van der Waals surface area contributed by atoms with Gasteiger partial charge in [0, 0.05) is 6.54 Å². The molecule has 98 valence electrons. The van der Waals surface area contributed by atoms with E-state index in [0.717, 1.165) is 17.9 Å². The van der Waals surface area contributed by atoms with Crippen molar-refractivity contribution in [1.29, 1.82) is 0 Å². The summed E-state index contributed by atoms with van der Waals surface area (Å²) in [6.07, 6.45) is 2.49. The van der Waals surface area contributed by atoms with Crippen LogP contribution in [-0.2, 0) is 4.79 Å². The molecule has 0 saturated heterocycles. The SMILES string of the molecule is CC(C)c1ccccc1OCC(=O)NCC1CC1. The van der Waals surface area contributed by atoms with E-state index in [1.165, 1.54) is 12.8 Å². The Morgan fingerprint density at radius 3 is 2.78 bits per heavy atom. The van der Waals surface area contributed by atoms with Crippen LogP contribution in [0.5, 0.6) is 5.75 Å². The molecule has 1 aromatic carbocycles. The van der Waals surface area contributed by atoms with E-state index in [4.69, 9.17) is 4.74 Å². The van der Waals surface area contributed by atoms with Crippen molar-refractivity contribution in [3.05, 3.63) is 29.8 Å². The van der Waals surface area contributed by atoms with E-state index in [0.29, 0.717) is 11.8 Å². The van der Waals surface area contributed by atoms with E-state index in [-0.39, 0.29) is 12.5 Å². The summed E-state index contributed by atoms with van der Waals surface area (Å²) in [5.74, 6) is 1.89. The number of ether oxygens (including phenoxy) is 1. The minimum absolute atomic E-state index is 0.0274. The molecule has 0 aliphatic heterocycles. The summed E-state index contributed by atoms with van der Waals surface area (Å²) in [7, 11) is 0. The Balaban J connectivity index is 1.82. The van der Waals surface area contributed by atoms with Gasteiger partial charge < -0.3 is 10.1 Å². The molecule has 0 radical (unpaired) electrons. The van der Waals surface area contributed by atoms with Crippen molar-refractivity contribution >= 4 is 5.91 Å². The molecule has 0 bridgehead atoms. The zero-order valence-electron chi connectivity index (χ0n) is 11.1. The van der Waals surface area contributed by atoms with E-state index in [1.54, 1.807) is 0 Å². The predicted molar refractivity (Wildman–Crippen MR) is 71.8 cm³/mol. The second kappa shape index (κ2) is 5.89. The largest absolute Gasteiger partial charge is 0.483 e. The maximum Gasteiger partial charge on any atom is 0.257 e. The third-order valence-corrected chi connectivity index (χ3v) is 3.18. The Kier molecular flexibility index (Phi) is 4.24. The normalized spacial score (nSPS) is 14.6. The number of nitrogens with one attached hydrogen (secondary N) is 1. The molecule has 1 aromatic rings. The summed E-state index contributed by atoms with van der Waals surface area (Å²) < 4.78 is 5.60. The molecular formula is C15H21NO2. The molecule has 1 aliphatic carbocycles. The van der Waals surface area contributed by atoms with Gasteiger partial charge in [0.25, 0.3) is 5.91 Å². The van der Waals surface area contributed by atoms with Gasteiger partial charge in [-0.3, -0.25) is 4.79 Å². The number of para-hydroxylation sites is 1. The summed E-state index contributed by atoms with van der Waals surface area (Å²) in [6.45, 7) is 5.15. The number of amides is 1. The lowest BCUT2D eigenvalue weighted by atomic mass is 10.0. The van der Waals surface area contributed by atoms with Gasteiger partial charge in [0.05, 0.1) is 0 Å². The van der Waals surface area contributed by atoms with Gasteiger partial charge in [-0.15, -0.1) is 0 Å². The van der Waals surface area contributed by atoms with E-state index in [1.807, 2.05) is 24.3 Å². The highest BCUT2D eigenvalue weighted by Crippen LogP contribution is 2.27. The van der Waals surface area contributed by atoms with Crippen LogP contribution in [0.15, 0.2) is 24.3 Å². The van der Waals surface area contributed by atoms with Gasteiger partial charge in [-0.25, -0.2) is 0 Å². The monoisotopic (exact) mass is 247 g/mol. The standard InChI is InChI=1S/C15H21NO2/c1-11(2)13-5-3-4-6-14(13)18-10-15(17)16-9-12-7-8-12/h3-6,11-12H,7-10H2,1-2H3,(H,16,17). The third kappa shape index (κ3) is 3.76. The fourth-order valence-electron chi connectivity index (χ4n) is 1.86. The lowest BCUT2D eigenvalue weighted by Crippen LogP contribution is -2.30. The number of hydrogen-bond donors (Lipinski definition) is 1. The Morgan fingerprint density at radius 2 is 2.11 bits per heavy atom. The van der Waals surface area contributed by atoms with Crippen LogP contribution >= 0.6 is 0 Å². The van der Waals surface area contributed by atoms with Gasteiger partial charge in [-0.05, 0) is 36.3 Å². The first-order chi connectivity index (χ1) is 8.66. The smallest absolute Gasteiger partial charge is 0.257 e. The average Bonchev–Trinajstić information content (AvgIpc) is 3.18. The Hall–Kier alpha value is -1.51. The molecule has 1 fully saturated rings. The summed E-state index contributed by atoms with van der Waals surface area (Å²) in [4.78, 5) is 11.6. The molecule has 1 aliphatic rings. The van der Waals surface area contributed by atoms with Crippen molar-refractivity contribution in [2.45, 2.75) is 32.6 Å². The highest BCUT2D eigenvalue weighted by atomic mass is 16.5. The van der Waals surface area contributed by atoms with E-state index < -0.39 is 0 Å². The molecule has 18 heavy (non-hydrogen) atoms. The van der Waals surface area contributed by atoms with Gasteiger partial charge in [-0.2, -0.15) is 0 Å². The molecular weight excluding hydrogens is 226 g/mol. The average molecular weight is 247 g/mol. The molecule has 1 N–H and O–H groups in total. The van der Waals surface area contributed by atoms with Gasteiger partial charge in [-0.1, -0.05) is 32.0 Å². The predicted octanol–water partition coefficient (Wildman–Crippen LogP) is 2.72. The number of rotatable bonds is 6. The lowest BCUT2D eigenvalue weighted by molar-refractivity contribution is -0.123. The Labute approximate surface area is 109 Å². The second-order valence-corrected chi connectivity index (χ2v) is 5.23. The lowest BCUT2D eigenvalue weighted by Gasteiger charge is -2.13. The molecule has 0 heterocycles. The third-order valence-electron chi connectivity index (χ3n) is 3.18. The summed E-state index contributed by atoms with van der Waals surface area (Å²) in [5, 5.41) is 2.90. The first kappa shape index (κ1) is 12.9. The van der Waals surface area contributed by atoms with Gasteiger partial charge in [0.1, 0.15) is 5.75 Å². The second-order valence-electron chi connectivity index (χ2n) is 5.23. The van der Waals surface area contributed by atoms with Crippen molar-refractivity contribution in [3.8, 4) is 5.75 Å². The number of carbonyl (C=O) groups is 1. The van der Waals surface area contributed by atoms with E-state index in [9.17, 15) is 4.79 Å². The van der Waals surface area contributed by atoms with E-state index >= 15 is 0 Å². The van der Waals surface area contributed by atoms with Crippen LogP contribution in [0.2, 0.25) is 0 Å². The number of benzene rings is 1. The zero-order valence-corrected chi connectivity index (χ0v) is 11.1. The summed E-state index contributed by atoms with van der Waals surface area (Å²) in [6, 6.07) is 7.89. The van der Waals surface area contributed by atoms with E-state index in [2.05, 4.69) is 19.2 Å². The molecule has 0 atom stereocenters. The molecule has 3 nitrogen and oxygen atoms in total. The van der Waals surface area contributed by atoms with Gasteiger partial charge in [0.2, 0.25) is 0 Å². The van der Waals surface area contributed by atoms with Crippen molar-refractivity contribution in [2.75, 3.05) is 13.2 Å². The number of carbonyl (C=O) groups excluding carboxylic acids is 1. The van der Waals surface area contributed by atoms with Crippen LogP contribution in [0, 0.1) is 5.92 Å². The van der Waals surface area contributed by atoms with Crippen molar-refractivity contribution < 1.29 is 9.53 Å². The quantitative estimate of drug-likeness (QED) is 0.839. The van der Waals surface area contributed by atoms with Crippen molar-refractivity contribution in [2.24, 2.45) is 5.92 Å². The van der Waals surface area contributed by atoms with Crippen LogP contribution in [0.1, 0.15) is 38.2 Å². The van der Waals surface area contributed by atoms with Crippen LogP contribution < -0.4 is 10.1 Å². The van der Waals surface area contributed by atoms with Crippen molar-refractivity contribution in [3.63, 3.8) is 0 Å². The molecule has 0 aromatic heterocycles. The van der Waals surface area contributed by atoms with Crippen LogP contribution in [0.25, 0.3) is 0 Å². The minimum atomic E-state index is -0.0274. The van der Waals surface area contributed by atoms with Crippen molar-refractivity contribution in [1.82, 2.24) is 5.32 Å². The van der Waals surface area contributed by atoms with Gasteiger partial charge in [0.15, 0.2) is 6.61 Å². The number of hydrogen-bond acceptors (Lipinski definition) is 2. The molecule has 3 heteroatoms. The fourth-order valence-corrected chi connectivity index (χ4v) is 1.86.